The number of halogens is 1. The molecular formula is C21H24BrNO4. The third-order valence-corrected chi connectivity index (χ3v) is 4.39. The Morgan fingerprint density at radius 1 is 1.07 bits per heavy atom. The highest BCUT2D eigenvalue weighted by Gasteiger charge is 2.09. The van der Waals surface area contributed by atoms with Gasteiger partial charge in [-0.25, -0.2) is 4.79 Å². The zero-order valence-corrected chi connectivity index (χ0v) is 17.2. The van der Waals surface area contributed by atoms with Crippen LogP contribution < -0.4 is 10.1 Å². The van der Waals surface area contributed by atoms with Gasteiger partial charge in [-0.3, -0.25) is 4.79 Å². The van der Waals surface area contributed by atoms with Crippen LogP contribution in [0.5, 0.6) is 5.75 Å². The Kier molecular flexibility index (Phi) is 8.33. The van der Waals surface area contributed by atoms with Crippen LogP contribution in [0.2, 0.25) is 0 Å². The molecule has 0 saturated heterocycles. The molecule has 0 heterocycles. The topological polar surface area (TPSA) is 64.6 Å². The molecule has 0 aromatic heterocycles. The van der Waals surface area contributed by atoms with E-state index in [1.54, 1.807) is 24.3 Å². The summed E-state index contributed by atoms with van der Waals surface area (Å²) < 4.78 is 11.8. The van der Waals surface area contributed by atoms with Gasteiger partial charge in [0, 0.05) is 10.2 Å². The molecule has 0 aliphatic carbocycles. The average molecular weight is 434 g/mol. The molecule has 0 fully saturated rings. The van der Waals surface area contributed by atoms with Crippen molar-refractivity contribution in [1.82, 2.24) is 0 Å². The summed E-state index contributed by atoms with van der Waals surface area (Å²) in [6.07, 6.45) is 2.63. The average Bonchev–Trinajstić information content (AvgIpc) is 2.67. The number of aryl methyl sites for hydroxylation is 1. The number of rotatable bonds is 9. The normalized spacial score (nSPS) is 10.3. The van der Waals surface area contributed by atoms with Crippen LogP contribution in [0, 0.1) is 0 Å². The Balaban J connectivity index is 1.86. The van der Waals surface area contributed by atoms with Gasteiger partial charge in [-0.15, -0.1) is 0 Å². The number of carbonyl (C=O) groups is 2. The van der Waals surface area contributed by atoms with Crippen molar-refractivity contribution in [2.75, 3.05) is 18.5 Å². The molecule has 6 heteroatoms. The molecule has 27 heavy (non-hydrogen) atoms. The second-order valence-corrected chi connectivity index (χ2v) is 6.92. The van der Waals surface area contributed by atoms with Crippen LogP contribution in [0.15, 0.2) is 46.9 Å². The zero-order chi connectivity index (χ0) is 19.6. The number of benzene rings is 2. The second-order valence-electron chi connectivity index (χ2n) is 6.01. The fourth-order valence-electron chi connectivity index (χ4n) is 2.39. The molecular weight excluding hydrogens is 410 g/mol. The lowest BCUT2D eigenvalue weighted by Gasteiger charge is -2.11. The SMILES string of the molecule is CCCCOC(=O)c1ccc(NC(=O)COc2ccc(Br)cc2CC)cc1. The largest absolute Gasteiger partial charge is 0.483 e. The monoisotopic (exact) mass is 433 g/mol. The quantitative estimate of drug-likeness (QED) is 0.446. The molecule has 2 aromatic rings. The standard InChI is InChI=1S/C21H24BrNO4/c1-3-5-12-26-21(25)16-6-9-18(10-7-16)23-20(24)14-27-19-11-8-17(22)13-15(19)4-2/h6-11,13H,3-5,12,14H2,1-2H3,(H,23,24). The molecule has 2 aromatic carbocycles. The molecule has 0 aliphatic rings. The van der Waals surface area contributed by atoms with Gasteiger partial charge >= 0.3 is 5.97 Å². The summed E-state index contributed by atoms with van der Waals surface area (Å²) >= 11 is 3.43. The number of hydrogen-bond donors (Lipinski definition) is 1. The third kappa shape index (κ3) is 6.71. The Hall–Kier alpha value is -2.34. The van der Waals surface area contributed by atoms with Crippen molar-refractivity contribution in [1.29, 1.82) is 0 Å². The molecule has 144 valence electrons. The number of hydrogen-bond acceptors (Lipinski definition) is 4. The molecule has 1 N–H and O–H groups in total. The first kappa shape index (κ1) is 21.0. The number of unbranched alkanes of at least 4 members (excludes halogenated alkanes) is 1. The van der Waals surface area contributed by atoms with Crippen molar-refractivity contribution in [3.63, 3.8) is 0 Å². The van der Waals surface area contributed by atoms with Crippen molar-refractivity contribution >= 4 is 33.5 Å². The molecule has 0 atom stereocenters. The Labute approximate surface area is 168 Å². The minimum Gasteiger partial charge on any atom is -0.483 e. The van der Waals surface area contributed by atoms with Crippen molar-refractivity contribution in [2.45, 2.75) is 33.1 Å². The number of ether oxygens (including phenoxy) is 2. The molecule has 0 spiro atoms. The summed E-state index contributed by atoms with van der Waals surface area (Å²) in [5.41, 5.74) is 2.09. The van der Waals surface area contributed by atoms with Gasteiger partial charge in [-0.1, -0.05) is 36.2 Å². The lowest BCUT2D eigenvalue weighted by atomic mass is 10.1. The summed E-state index contributed by atoms with van der Waals surface area (Å²) in [6.45, 7) is 4.40. The Bertz CT molecular complexity index is 774. The molecule has 0 radical (unpaired) electrons. The van der Waals surface area contributed by atoms with Gasteiger partial charge in [0.15, 0.2) is 6.61 Å². The van der Waals surface area contributed by atoms with Gasteiger partial charge in [0.2, 0.25) is 0 Å². The molecule has 2 rings (SSSR count). The van der Waals surface area contributed by atoms with E-state index in [1.165, 1.54) is 0 Å². The molecule has 0 bridgehead atoms. The number of nitrogens with one attached hydrogen (secondary N) is 1. The van der Waals surface area contributed by atoms with Gasteiger partial charge in [-0.2, -0.15) is 0 Å². The highest BCUT2D eigenvalue weighted by molar-refractivity contribution is 9.10. The zero-order valence-electron chi connectivity index (χ0n) is 15.6. The minimum atomic E-state index is -0.355. The van der Waals surface area contributed by atoms with Crippen LogP contribution in [0.4, 0.5) is 5.69 Å². The van der Waals surface area contributed by atoms with Crippen molar-refractivity contribution in [2.24, 2.45) is 0 Å². The number of amides is 1. The first-order chi connectivity index (χ1) is 13.0. The van der Waals surface area contributed by atoms with E-state index in [0.717, 1.165) is 29.3 Å². The lowest BCUT2D eigenvalue weighted by Crippen LogP contribution is -2.20. The minimum absolute atomic E-state index is 0.0879. The van der Waals surface area contributed by atoms with Crippen molar-refractivity contribution in [3.05, 3.63) is 58.1 Å². The van der Waals surface area contributed by atoms with E-state index in [0.29, 0.717) is 23.6 Å². The molecule has 0 aliphatic heterocycles. The maximum atomic E-state index is 12.1. The Morgan fingerprint density at radius 2 is 1.81 bits per heavy atom. The van der Waals surface area contributed by atoms with E-state index < -0.39 is 0 Å². The number of esters is 1. The highest BCUT2D eigenvalue weighted by Crippen LogP contribution is 2.23. The van der Waals surface area contributed by atoms with Gasteiger partial charge < -0.3 is 14.8 Å². The first-order valence-electron chi connectivity index (χ1n) is 9.01. The predicted octanol–water partition coefficient (Wildman–Crippen LogP) is 4.99. The maximum absolute atomic E-state index is 12.1. The predicted molar refractivity (Wildman–Crippen MR) is 109 cm³/mol. The van der Waals surface area contributed by atoms with Crippen LogP contribution in [0.1, 0.15) is 42.6 Å². The smallest absolute Gasteiger partial charge is 0.338 e. The van der Waals surface area contributed by atoms with Crippen LogP contribution in [0.25, 0.3) is 0 Å². The number of carbonyl (C=O) groups excluding carboxylic acids is 2. The molecule has 0 unspecified atom stereocenters. The summed E-state index contributed by atoms with van der Waals surface area (Å²) in [7, 11) is 0. The van der Waals surface area contributed by atoms with Gasteiger partial charge in [0.05, 0.1) is 12.2 Å². The van der Waals surface area contributed by atoms with Crippen LogP contribution in [-0.4, -0.2) is 25.1 Å². The molecule has 1 amide bonds. The summed E-state index contributed by atoms with van der Waals surface area (Å²) in [4.78, 5) is 24.0. The van der Waals surface area contributed by atoms with Gasteiger partial charge in [0.25, 0.3) is 5.91 Å². The lowest BCUT2D eigenvalue weighted by molar-refractivity contribution is -0.118. The first-order valence-corrected chi connectivity index (χ1v) is 9.81. The van der Waals surface area contributed by atoms with Crippen LogP contribution in [0.3, 0.4) is 0 Å². The molecule has 0 saturated carbocycles. The molecule has 5 nitrogen and oxygen atoms in total. The fourth-order valence-corrected chi connectivity index (χ4v) is 2.80. The summed E-state index contributed by atoms with van der Waals surface area (Å²) in [5, 5.41) is 2.75. The van der Waals surface area contributed by atoms with Gasteiger partial charge in [0.1, 0.15) is 5.75 Å². The van der Waals surface area contributed by atoms with Crippen molar-refractivity contribution in [3.8, 4) is 5.75 Å². The second kappa shape index (κ2) is 10.7. The van der Waals surface area contributed by atoms with Crippen LogP contribution >= 0.6 is 15.9 Å². The number of anilines is 1. The fraction of sp³-hybridized carbons (Fsp3) is 0.333. The Morgan fingerprint density at radius 3 is 2.48 bits per heavy atom. The van der Waals surface area contributed by atoms with E-state index in [2.05, 4.69) is 21.2 Å². The van der Waals surface area contributed by atoms with Gasteiger partial charge in [-0.05, 0) is 60.9 Å². The van der Waals surface area contributed by atoms with Crippen molar-refractivity contribution < 1.29 is 19.1 Å². The highest BCUT2D eigenvalue weighted by atomic mass is 79.9. The third-order valence-electron chi connectivity index (χ3n) is 3.90. The van der Waals surface area contributed by atoms with Crippen LogP contribution in [-0.2, 0) is 16.0 Å². The summed E-state index contributed by atoms with van der Waals surface area (Å²) in [6, 6.07) is 12.3. The van der Waals surface area contributed by atoms with E-state index in [-0.39, 0.29) is 18.5 Å². The summed E-state index contributed by atoms with van der Waals surface area (Å²) in [5.74, 6) is 0.0752. The van der Waals surface area contributed by atoms with E-state index in [4.69, 9.17) is 9.47 Å². The van der Waals surface area contributed by atoms with E-state index >= 15 is 0 Å². The maximum Gasteiger partial charge on any atom is 0.338 e. The van der Waals surface area contributed by atoms with E-state index in [9.17, 15) is 9.59 Å². The van der Waals surface area contributed by atoms with E-state index in [1.807, 2.05) is 32.0 Å².